The van der Waals surface area contributed by atoms with Gasteiger partial charge in [0, 0.05) is 11.6 Å². The number of hydrogen-bond acceptors (Lipinski definition) is 3. The average molecular weight is 303 g/mol. The normalized spacial score (nSPS) is 13.4. The van der Waals surface area contributed by atoms with Crippen molar-refractivity contribution in [3.8, 4) is 0 Å². The molecule has 2 rings (SSSR count). The third-order valence-corrected chi connectivity index (χ3v) is 3.57. The maximum absolute atomic E-state index is 11.9. The summed E-state index contributed by atoms with van der Waals surface area (Å²) in [4.78, 5) is 34.9. The van der Waals surface area contributed by atoms with Crippen LogP contribution < -0.4 is 16.0 Å². The third-order valence-electron chi connectivity index (χ3n) is 3.57. The van der Waals surface area contributed by atoms with E-state index in [1.807, 2.05) is 19.9 Å². The molecule has 1 aromatic rings. The Labute approximate surface area is 129 Å². The van der Waals surface area contributed by atoms with Gasteiger partial charge in [-0.25, -0.2) is 0 Å². The summed E-state index contributed by atoms with van der Waals surface area (Å²) in [6.07, 6.45) is 2.01. The number of carbonyl (C=O) groups excluding carboxylic acids is 3. The van der Waals surface area contributed by atoms with Gasteiger partial charge in [-0.05, 0) is 49.9 Å². The van der Waals surface area contributed by atoms with E-state index in [-0.39, 0.29) is 36.9 Å². The largest absolute Gasteiger partial charge is 0.352 e. The van der Waals surface area contributed by atoms with Gasteiger partial charge in [0.15, 0.2) is 0 Å². The molecule has 0 spiro atoms. The maximum Gasteiger partial charge on any atom is 0.251 e. The molecular formula is C16H21N3O3. The van der Waals surface area contributed by atoms with Crippen LogP contribution in [0.1, 0.15) is 34.3 Å². The molecule has 1 saturated carbocycles. The summed E-state index contributed by atoms with van der Waals surface area (Å²) in [6, 6.07) is 5.64. The zero-order chi connectivity index (χ0) is 16.1. The molecule has 0 radical (unpaired) electrons. The van der Waals surface area contributed by atoms with Crippen LogP contribution >= 0.6 is 0 Å². The lowest BCUT2D eigenvalue weighted by molar-refractivity contribution is -0.125. The molecule has 0 saturated heterocycles. The van der Waals surface area contributed by atoms with Gasteiger partial charge in [0.1, 0.15) is 0 Å². The number of nitrogens with one attached hydrogen (secondary N) is 3. The number of rotatable bonds is 6. The number of amides is 3. The molecule has 1 aliphatic carbocycles. The summed E-state index contributed by atoms with van der Waals surface area (Å²) in [5.41, 5.74) is 2.65. The van der Waals surface area contributed by atoms with E-state index in [4.69, 9.17) is 0 Å². The van der Waals surface area contributed by atoms with Gasteiger partial charge in [-0.2, -0.15) is 0 Å². The third kappa shape index (κ3) is 4.87. The van der Waals surface area contributed by atoms with Crippen LogP contribution in [0.15, 0.2) is 18.2 Å². The summed E-state index contributed by atoms with van der Waals surface area (Å²) in [5.74, 6) is -0.889. The number of benzene rings is 1. The molecule has 0 heterocycles. The molecule has 3 amide bonds. The first-order chi connectivity index (χ1) is 10.5. The van der Waals surface area contributed by atoms with Gasteiger partial charge in [-0.1, -0.05) is 6.07 Å². The van der Waals surface area contributed by atoms with Crippen LogP contribution in [0.2, 0.25) is 0 Å². The lowest BCUT2D eigenvalue weighted by Crippen LogP contribution is -2.42. The summed E-state index contributed by atoms with van der Waals surface area (Å²) in [6.45, 7) is 3.69. The van der Waals surface area contributed by atoms with Crippen LogP contribution in [-0.4, -0.2) is 36.9 Å². The monoisotopic (exact) mass is 303 g/mol. The predicted octanol–water partition coefficient (Wildman–Crippen LogP) is 0.428. The lowest BCUT2D eigenvalue weighted by Gasteiger charge is -2.08. The van der Waals surface area contributed by atoms with Gasteiger partial charge < -0.3 is 16.0 Å². The van der Waals surface area contributed by atoms with Gasteiger partial charge in [0.25, 0.3) is 5.91 Å². The quantitative estimate of drug-likeness (QED) is 0.712. The smallest absolute Gasteiger partial charge is 0.251 e. The minimum Gasteiger partial charge on any atom is -0.352 e. The summed E-state index contributed by atoms with van der Waals surface area (Å²) in [7, 11) is 0. The first kappa shape index (κ1) is 16.0. The molecule has 22 heavy (non-hydrogen) atoms. The molecule has 3 N–H and O–H groups in total. The van der Waals surface area contributed by atoms with Crippen LogP contribution in [0.25, 0.3) is 0 Å². The Morgan fingerprint density at radius 1 is 1.00 bits per heavy atom. The van der Waals surface area contributed by atoms with Gasteiger partial charge in [-0.15, -0.1) is 0 Å². The highest BCUT2D eigenvalue weighted by Gasteiger charge is 2.23. The molecular weight excluding hydrogens is 282 g/mol. The van der Waals surface area contributed by atoms with Crippen LogP contribution in [0.5, 0.6) is 0 Å². The van der Waals surface area contributed by atoms with E-state index in [9.17, 15) is 14.4 Å². The SMILES string of the molecule is Cc1ccc(C(=O)NCC(=O)NCC(=O)NC2CC2)cc1C. The van der Waals surface area contributed by atoms with Gasteiger partial charge in [-0.3, -0.25) is 14.4 Å². The Bertz CT molecular complexity index is 594. The predicted molar refractivity (Wildman–Crippen MR) is 82.4 cm³/mol. The number of carbonyl (C=O) groups is 3. The van der Waals surface area contributed by atoms with Crippen molar-refractivity contribution in [2.75, 3.05) is 13.1 Å². The minimum absolute atomic E-state index is 0.0607. The second-order valence-corrected chi connectivity index (χ2v) is 5.60. The van der Waals surface area contributed by atoms with E-state index >= 15 is 0 Å². The molecule has 0 bridgehead atoms. The van der Waals surface area contributed by atoms with Crippen LogP contribution in [0.4, 0.5) is 0 Å². The zero-order valence-electron chi connectivity index (χ0n) is 12.9. The average Bonchev–Trinajstić information content (AvgIpc) is 3.29. The molecule has 0 atom stereocenters. The molecule has 0 aliphatic heterocycles. The van der Waals surface area contributed by atoms with E-state index in [2.05, 4.69) is 16.0 Å². The summed E-state index contributed by atoms with van der Waals surface area (Å²) in [5, 5.41) is 7.79. The topological polar surface area (TPSA) is 87.3 Å². The van der Waals surface area contributed by atoms with Gasteiger partial charge >= 0.3 is 0 Å². The highest BCUT2D eigenvalue weighted by atomic mass is 16.2. The molecule has 1 aromatic carbocycles. The van der Waals surface area contributed by atoms with Gasteiger partial charge in [0.05, 0.1) is 13.1 Å². The van der Waals surface area contributed by atoms with Crippen molar-refractivity contribution in [3.05, 3.63) is 34.9 Å². The first-order valence-corrected chi connectivity index (χ1v) is 7.37. The summed E-state index contributed by atoms with van der Waals surface area (Å²) >= 11 is 0. The molecule has 118 valence electrons. The van der Waals surface area contributed by atoms with Crippen molar-refractivity contribution in [2.24, 2.45) is 0 Å². The highest BCUT2D eigenvalue weighted by Crippen LogP contribution is 2.18. The van der Waals surface area contributed by atoms with Crippen LogP contribution in [-0.2, 0) is 9.59 Å². The van der Waals surface area contributed by atoms with Crippen molar-refractivity contribution in [1.82, 2.24) is 16.0 Å². The van der Waals surface area contributed by atoms with E-state index in [1.54, 1.807) is 12.1 Å². The van der Waals surface area contributed by atoms with Crippen molar-refractivity contribution >= 4 is 17.7 Å². The second kappa shape index (κ2) is 7.06. The fourth-order valence-electron chi connectivity index (χ4n) is 1.89. The first-order valence-electron chi connectivity index (χ1n) is 7.37. The number of hydrogen-bond donors (Lipinski definition) is 3. The Hall–Kier alpha value is -2.37. The zero-order valence-corrected chi connectivity index (χ0v) is 12.9. The fourth-order valence-corrected chi connectivity index (χ4v) is 1.89. The molecule has 6 nitrogen and oxygen atoms in total. The highest BCUT2D eigenvalue weighted by molar-refractivity contribution is 5.97. The van der Waals surface area contributed by atoms with Crippen molar-refractivity contribution in [1.29, 1.82) is 0 Å². The van der Waals surface area contributed by atoms with Crippen molar-refractivity contribution in [2.45, 2.75) is 32.7 Å². The fraction of sp³-hybridized carbons (Fsp3) is 0.438. The molecule has 6 heteroatoms. The Balaban J connectivity index is 1.71. The van der Waals surface area contributed by atoms with E-state index < -0.39 is 0 Å². The minimum atomic E-state index is -0.386. The maximum atomic E-state index is 11.9. The molecule has 1 aliphatic rings. The molecule has 1 fully saturated rings. The molecule has 0 aromatic heterocycles. The van der Waals surface area contributed by atoms with Crippen molar-refractivity contribution < 1.29 is 14.4 Å². The van der Waals surface area contributed by atoms with Gasteiger partial charge in [0.2, 0.25) is 11.8 Å². The van der Waals surface area contributed by atoms with Crippen LogP contribution in [0.3, 0.4) is 0 Å². The summed E-state index contributed by atoms with van der Waals surface area (Å²) < 4.78 is 0. The standard InChI is InChI=1S/C16H21N3O3/c1-10-3-4-12(7-11(10)2)16(22)18-8-14(20)17-9-15(21)19-13-5-6-13/h3-4,7,13H,5-6,8-9H2,1-2H3,(H,17,20)(H,18,22)(H,19,21). The Morgan fingerprint density at radius 2 is 1.68 bits per heavy atom. The Morgan fingerprint density at radius 3 is 2.32 bits per heavy atom. The second-order valence-electron chi connectivity index (χ2n) is 5.60. The lowest BCUT2D eigenvalue weighted by atomic mass is 10.1. The van der Waals surface area contributed by atoms with E-state index in [0.29, 0.717) is 5.56 Å². The van der Waals surface area contributed by atoms with Crippen LogP contribution in [0, 0.1) is 13.8 Å². The van der Waals surface area contributed by atoms with E-state index in [0.717, 1.165) is 24.0 Å². The van der Waals surface area contributed by atoms with Crippen molar-refractivity contribution in [3.63, 3.8) is 0 Å². The Kier molecular flexibility index (Phi) is 5.14. The number of aryl methyl sites for hydroxylation is 2. The molecule has 0 unspecified atom stereocenters. The van der Waals surface area contributed by atoms with E-state index in [1.165, 1.54) is 0 Å².